The van der Waals surface area contributed by atoms with Crippen LogP contribution in [-0.2, 0) is 28.4 Å². The highest BCUT2D eigenvalue weighted by molar-refractivity contribution is 5.83. The molecule has 0 unspecified atom stereocenters. The molecule has 1 N–H and O–H groups in total. The van der Waals surface area contributed by atoms with Crippen molar-refractivity contribution in [2.75, 3.05) is 25.1 Å². The zero-order chi connectivity index (χ0) is 28.1. The molecule has 14 heteroatoms. The third-order valence-corrected chi connectivity index (χ3v) is 5.45. The standard InChI is InChI=1S/C24H36FN3O10/c1-5-8-11-33-22(30)27-19-16(25)14-28(21(29)26-19)20-18(38-24(32)35-13-10-7-3)17(15(4)36-20)37-23(31)34-12-9-6-2/h14-15,17-18,20H,5-13H2,1-4H3,(H,26,27,29,30)/t15-,17-,18-,20-/m1/s1. The van der Waals surface area contributed by atoms with Crippen molar-refractivity contribution < 1.29 is 47.2 Å². The maximum atomic E-state index is 14.8. The fraction of sp³-hybridized carbons (Fsp3) is 0.708. The van der Waals surface area contributed by atoms with Gasteiger partial charge in [-0.15, -0.1) is 0 Å². The molecule has 0 radical (unpaired) electrons. The number of hydrogen-bond donors (Lipinski definition) is 1. The lowest BCUT2D eigenvalue weighted by atomic mass is 10.1. The van der Waals surface area contributed by atoms with Crippen molar-refractivity contribution >= 4 is 24.2 Å². The van der Waals surface area contributed by atoms with Gasteiger partial charge in [0.2, 0.25) is 0 Å². The van der Waals surface area contributed by atoms with Gasteiger partial charge in [-0.1, -0.05) is 40.0 Å². The largest absolute Gasteiger partial charge is 0.508 e. The van der Waals surface area contributed by atoms with Gasteiger partial charge in [-0.2, -0.15) is 4.98 Å². The quantitative estimate of drug-likeness (QED) is 0.214. The van der Waals surface area contributed by atoms with Crippen molar-refractivity contribution in [1.29, 1.82) is 0 Å². The second kappa shape index (κ2) is 15.7. The Morgan fingerprint density at radius 3 is 2.03 bits per heavy atom. The zero-order valence-electron chi connectivity index (χ0n) is 22.1. The van der Waals surface area contributed by atoms with Crippen LogP contribution in [0.1, 0.15) is 72.4 Å². The molecule has 1 amide bonds. The summed E-state index contributed by atoms with van der Waals surface area (Å²) in [5, 5.41) is 2.08. The fourth-order valence-electron chi connectivity index (χ4n) is 3.36. The van der Waals surface area contributed by atoms with Gasteiger partial charge in [0, 0.05) is 0 Å². The Balaban J connectivity index is 2.26. The maximum absolute atomic E-state index is 14.8. The van der Waals surface area contributed by atoms with Gasteiger partial charge in [-0.25, -0.2) is 23.6 Å². The van der Waals surface area contributed by atoms with E-state index < -0.39 is 60.3 Å². The number of halogens is 1. The van der Waals surface area contributed by atoms with E-state index in [0.29, 0.717) is 19.3 Å². The lowest BCUT2D eigenvalue weighted by Gasteiger charge is -2.24. The number of unbranched alkanes of at least 4 members (excludes halogenated alkanes) is 3. The number of ether oxygens (including phenoxy) is 6. The average Bonchev–Trinajstić information content (AvgIpc) is 3.16. The van der Waals surface area contributed by atoms with E-state index in [1.807, 2.05) is 20.8 Å². The summed E-state index contributed by atoms with van der Waals surface area (Å²) in [5.74, 6) is -1.73. The van der Waals surface area contributed by atoms with Gasteiger partial charge in [-0.3, -0.25) is 9.88 Å². The van der Waals surface area contributed by atoms with Gasteiger partial charge in [0.05, 0.1) is 32.1 Å². The molecule has 2 rings (SSSR count). The third kappa shape index (κ3) is 9.15. The summed E-state index contributed by atoms with van der Waals surface area (Å²) in [6.45, 7) is 7.56. The monoisotopic (exact) mass is 545 g/mol. The van der Waals surface area contributed by atoms with Crippen molar-refractivity contribution in [2.24, 2.45) is 0 Å². The van der Waals surface area contributed by atoms with Gasteiger partial charge in [0.1, 0.15) is 0 Å². The van der Waals surface area contributed by atoms with E-state index in [0.717, 1.165) is 30.0 Å². The lowest BCUT2D eigenvalue weighted by Crippen LogP contribution is -2.41. The number of nitrogens with zero attached hydrogens (tertiary/aromatic N) is 2. The number of amides is 1. The molecule has 1 saturated heterocycles. The number of carbonyl (C=O) groups excluding carboxylic acids is 3. The summed E-state index contributed by atoms with van der Waals surface area (Å²) >= 11 is 0. The van der Waals surface area contributed by atoms with Gasteiger partial charge in [-0.05, 0) is 26.2 Å². The number of anilines is 1. The van der Waals surface area contributed by atoms with E-state index in [4.69, 9.17) is 28.4 Å². The van der Waals surface area contributed by atoms with Crippen LogP contribution in [0, 0.1) is 5.82 Å². The fourth-order valence-corrected chi connectivity index (χ4v) is 3.36. The molecule has 1 fully saturated rings. The molecular weight excluding hydrogens is 509 g/mol. The minimum absolute atomic E-state index is 0.0819. The highest BCUT2D eigenvalue weighted by Crippen LogP contribution is 2.34. The molecular formula is C24H36FN3O10. The van der Waals surface area contributed by atoms with Crippen LogP contribution in [0.5, 0.6) is 0 Å². The molecule has 0 spiro atoms. The van der Waals surface area contributed by atoms with E-state index in [1.165, 1.54) is 6.92 Å². The molecule has 0 saturated carbocycles. The van der Waals surface area contributed by atoms with Crippen LogP contribution in [0.15, 0.2) is 11.0 Å². The molecule has 0 bridgehead atoms. The molecule has 38 heavy (non-hydrogen) atoms. The third-order valence-electron chi connectivity index (χ3n) is 5.45. The summed E-state index contributed by atoms with van der Waals surface area (Å²) in [6, 6.07) is 0. The predicted molar refractivity (Wildman–Crippen MR) is 130 cm³/mol. The first-order valence-corrected chi connectivity index (χ1v) is 12.8. The van der Waals surface area contributed by atoms with Gasteiger partial charge in [0.15, 0.2) is 30.1 Å². The Labute approximate surface area is 219 Å². The van der Waals surface area contributed by atoms with Crippen LogP contribution in [-0.4, -0.2) is 66.1 Å². The van der Waals surface area contributed by atoms with Crippen molar-refractivity contribution in [3.8, 4) is 0 Å². The average molecular weight is 546 g/mol. The zero-order valence-corrected chi connectivity index (χ0v) is 22.1. The van der Waals surface area contributed by atoms with Gasteiger partial charge in [0.25, 0.3) is 0 Å². The lowest BCUT2D eigenvalue weighted by molar-refractivity contribution is -0.0654. The molecule has 214 valence electrons. The maximum Gasteiger partial charge on any atom is 0.508 e. The Hall–Kier alpha value is -3.42. The van der Waals surface area contributed by atoms with Crippen LogP contribution < -0.4 is 11.0 Å². The van der Waals surface area contributed by atoms with Crippen LogP contribution in [0.4, 0.5) is 24.6 Å². The summed E-state index contributed by atoms with van der Waals surface area (Å²) in [5.41, 5.74) is -1.04. The van der Waals surface area contributed by atoms with Crippen molar-refractivity contribution in [3.63, 3.8) is 0 Å². The number of rotatable bonds is 13. The number of nitrogens with one attached hydrogen (secondary N) is 1. The van der Waals surface area contributed by atoms with Crippen LogP contribution in [0.2, 0.25) is 0 Å². The Morgan fingerprint density at radius 2 is 1.47 bits per heavy atom. The topological polar surface area (TPSA) is 154 Å². The number of hydrogen-bond acceptors (Lipinski definition) is 11. The molecule has 4 atom stereocenters. The van der Waals surface area contributed by atoms with E-state index >= 15 is 0 Å². The highest BCUT2D eigenvalue weighted by Gasteiger charge is 2.50. The van der Waals surface area contributed by atoms with Gasteiger partial charge < -0.3 is 28.4 Å². The first-order chi connectivity index (χ1) is 18.2. The van der Waals surface area contributed by atoms with E-state index in [1.54, 1.807) is 0 Å². The van der Waals surface area contributed by atoms with Crippen LogP contribution in [0.3, 0.4) is 0 Å². The summed E-state index contributed by atoms with van der Waals surface area (Å²) in [4.78, 5) is 52.7. The molecule has 13 nitrogen and oxygen atoms in total. The molecule has 0 aromatic carbocycles. The van der Waals surface area contributed by atoms with Crippen molar-refractivity contribution in [2.45, 2.75) is 90.8 Å². The first-order valence-electron chi connectivity index (χ1n) is 12.8. The van der Waals surface area contributed by atoms with Crippen LogP contribution >= 0.6 is 0 Å². The summed E-state index contributed by atoms with van der Waals surface area (Å²) < 4.78 is 46.9. The molecule has 1 aliphatic rings. The van der Waals surface area contributed by atoms with E-state index in [9.17, 15) is 23.6 Å². The summed E-state index contributed by atoms with van der Waals surface area (Å²) in [6.07, 6.45) is -3.15. The van der Waals surface area contributed by atoms with Crippen molar-refractivity contribution in [1.82, 2.24) is 9.55 Å². The van der Waals surface area contributed by atoms with E-state index in [-0.39, 0.29) is 19.8 Å². The predicted octanol–water partition coefficient (Wildman–Crippen LogP) is 4.29. The second-order valence-corrected chi connectivity index (χ2v) is 8.54. The highest BCUT2D eigenvalue weighted by atomic mass is 19.1. The molecule has 1 aromatic heterocycles. The van der Waals surface area contributed by atoms with Crippen molar-refractivity contribution in [3.05, 3.63) is 22.5 Å². The summed E-state index contributed by atoms with van der Waals surface area (Å²) in [7, 11) is 0. The molecule has 1 aromatic rings. The Morgan fingerprint density at radius 1 is 0.947 bits per heavy atom. The SMILES string of the molecule is CCCCOC(=O)Nc1nc(=O)n([C@@H]2O[C@H](C)[C@@H](OC(=O)OCCCC)[C@H]2OC(=O)OCCCC)cc1F. The Kier molecular flexibility index (Phi) is 12.8. The normalized spacial score (nSPS) is 20.4. The first kappa shape index (κ1) is 30.8. The molecule has 1 aliphatic heterocycles. The molecule has 0 aliphatic carbocycles. The minimum Gasteiger partial charge on any atom is -0.449 e. The van der Waals surface area contributed by atoms with E-state index in [2.05, 4.69) is 10.3 Å². The second-order valence-electron chi connectivity index (χ2n) is 8.54. The van der Waals surface area contributed by atoms with Gasteiger partial charge >= 0.3 is 24.1 Å². The smallest absolute Gasteiger partial charge is 0.449 e. The Bertz CT molecular complexity index is 989. The number of aromatic nitrogens is 2. The minimum atomic E-state index is -1.43. The van der Waals surface area contributed by atoms with Crippen LogP contribution in [0.25, 0.3) is 0 Å². The number of carbonyl (C=O) groups is 3. The molecule has 2 heterocycles.